The van der Waals surface area contributed by atoms with E-state index in [1.54, 1.807) is 0 Å². The Bertz CT molecular complexity index is 1480. The molecule has 0 aromatic heterocycles. The molecule has 5 aromatic rings. The molecule has 5 rings (SSSR count). The third kappa shape index (κ3) is 3.87. The zero-order chi connectivity index (χ0) is 23.1. The molecule has 5 aromatic carbocycles. The molecule has 0 unspecified atom stereocenters. The van der Waals surface area contributed by atoms with Crippen LogP contribution in [0.4, 0.5) is 0 Å². The highest BCUT2D eigenvalue weighted by Gasteiger charge is 2.14. The molecule has 0 saturated carbocycles. The fourth-order valence-corrected chi connectivity index (χ4v) is 5.08. The van der Waals surface area contributed by atoms with E-state index in [4.69, 9.17) is 0 Å². The standard InChI is InChI=1S/C33H30/c1-21-12-15-26(16-13-21)28-8-6-10-30-29(28)9-7-11-31(30)33-20-32(24(4)19-25(33)5)27-17-14-22(2)18-23(27)3/h6-20H,1-5H3. The van der Waals surface area contributed by atoms with Crippen molar-refractivity contribution < 1.29 is 0 Å². The predicted molar refractivity (Wildman–Crippen MR) is 144 cm³/mol. The van der Waals surface area contributed by atoms with E-state index >= 15 is 0 Å². The Hall–Kier alpha value is -3.64. The van der Waals surface area contributed by atoms with Crippen molar-refractivity contribution in [2.24, 2.45) is 0 Å². The molecule has 0 nitrogen and oxygen atoms in total. The molecule has 0 amide bonds. The minimum absolute atomic E-state index is 1.26. The third-order valence-electron chi connectivity index (χ3n) is 6.82. The zero-order valence-electron chi connectivity index (χ0n) is 20.2. The molecule has 0 fully saturated rings. The van der Waals surface area contributed by atoms with Crippen LogP contribution in [-0.2, 0) is 0 Å². The van der Waals surface area contributed by atoms with Gasteiger partial charge in [-0.05, 0) is 102 Å². The van der Waals surface area contributed by atoms with Gasteiger partial charge in [-0.15, -0.1) is 0 Å². The predicted octanol–water partition coefficient (Wildman–Crippen LogP) is 9.38. The highest BCUT2D eigenvalue weighted by atomic mass is 14.2. The molecule has 33 heavy (non-hydrogen) atoms. The lowest BCUT2D eigenvalue weighted by atomic mass is 9.87. The molecule has 0 spiro atoms. The first-order valence-electron chi connectivity index (χ1n) is 11.7. The largest absolute Gasteiger partial charge is 0.0610 e. The van der Waals surface area contributed by atoms with E-state index in [0.29, 0.717) is 0 Å². The molecule has 0 N–H and O–H groups in total. The van der Waals surface area contributed by atoms with Crippen LogP contribution >= 0.6 is 0 Å². The fourth-order valence-electron chi connectivity index (χ4n) is 5.08. The Morgan fingerprint density at radius 3 is 1.58 bits per heavy atom. The first-order chi connectivity index (χ1) is 15.9. The van der Waals surface area contributed by atoms with Gasteiger partial charge in [0.1, 0.15) is 0 Å². The van der Waals surface area contributed by atoms with Gasteiger partial charge >= 0.3 is 0 Å². The Morgan fingerprint density at radius 1 is 0.364 bits per heavy atom. The van der Waals surface area contributed by atoms with Crippen LogP contribution in [0, 0.1) is 34.6 Å². The van der Waals surface area contributed by atoms with Crippen LogP contribution in [-0.4, -0.2) is 0 Å². The minimum atomic E-state index is 1.26. The molecule has 0 heteroatoms. The van der Waals surface area contributed by atoms with Crippen molar-refractivity contribution >= 4 is 10.8 Å². The number of hydrogen-bond acceptors (Lipinski definition) is 0. The third-order valence-corrected chi connectivity index (χ3v) is 6.82. The Morgan fingerprint density at radius 2 is 0.909 bits per heavy atom. The van der Waals surface area contributed by atoms with Crippen molar-refractivity contribution in [3.05, 3.63) is 119 Å². The van der Waals surface area contributed by atoms with Crippen LogP contribution in [0.25, 0.3) is 44.2 Å². The summed E-state index contributed by atoms with van der Waals surface area (Å²) in [5, 5.41) is 2.60. The number of rotatable bonds is 3. The second-order valence-corrected chi connectivity index (χ2v) is 9.37. The number of aryl methyl sites for hydroxylation is 5. The van der Waals surface area contributed by atoms with Crippen molar-refractivity contribution in [3.63, 3.8) is 0 Å². The number of hydrogen-bond donors (Lipinski definition) is 0. The van der Waals surface area contributed by atoms with Gasteiger partial charge in [0.2, 0.25) is 0 Å². The number of fused-ring (bicyclic) bond motifs is 1. The quantitative estimate of drug-likeness (QED) is 0.269. The van der Waals surface area contributed by atoms with Crippen LogP contribution < -0.4 is 0 Å². The summed E-state index contributed by atoms with van der Waals surface area (Å²) in [5.41, 5.74) is 14.3. The van der Waals surface area contributed by atoms with Gasteiger partial charge in [-0.2, -0.15) is 0 Å². The molecule has 0 heterocycles. The molecule has 0 atom stereocenters. The fraction of sp³-hybridized carbons (Fsp3) is 0.152. The lowest BCUT2D eigenvalue weighted by Gasteiger charge is -2.17. The van der Waals surface area contributed by atoms with Crippen molar-refractivity contribution in [3.8, 4) is 33.4 Å². The van der Waals surface area contributed by atoms with Gasteiger partial charge < -0.3 is 0 Å². The SMILES string of the molecule is Cc1ccc(-c2cccc3c(-c4cc(-c5ccc(C)cc5C)c(C)cc4C)cccc23)cc1. The highest BCUT2D eigenvalue weighted by Crippen LogP contribution is 2.39. The minimum Gasteiger partial charge on any atom is -0.0610 e. The molecule has 0 bridgehead atoms. The zero-order valence-corrected chi connectivity index (χ0v) is 20.2. The highest BCUT2D eigenvalue weighted by molar-refractivity contribution is 6.05. The van der Waals surface area contributed by atoms with E-state index in [1.807, 2.05) is 0 Å². The molecule has 162 valence electrons. The Labute approximate surface area is 197 Å². The van der Waals surface area contributed by atoms with Gasteiger partial charge in [0.25, 0.3) is 0 Å². The lowest BCUT2D eigenvalue weighted by Crippen LogP contribution is -1.93. The van der Waals surface area contributed by atoms with E-state index in [0.717, 1.165) is 0 Å². The summed E-state index contributed by atoms with van der Waals surface area (Å²) in [6.07, 6.45) is 0. The lowest BCUT2D eigenvalue weighted by molar-refractivity contribution is 1.34. The van der Waals surface area contributed by atoms with Gasteiger partial charge in [0, 0.05) is 0 Å². The van der Waals surface area contributed by atoms with Crippen LogP contribution in [0.1, 0.15) is 27.8 Å². The van der Waals surface area contributed by atoms with Crippen LogP contribution in [0.2, 0.25) is 0 Å². The molecule has 0 saturated heterocycles. The van der Waals surface area contributed by atoms with Crippen LogP contribution in [0.3, 0.4) is 0 Å². The van der Waals surface area contributed by atoms with Gasteiger partial charge in [-0.1, -0.05) is 96.1 Å². The first kappa shape index (κ1) is 21.2. The Kier molecular flexibility index (Phi) is 5.38. The normalized spacial score (nSPS) is 11.2. The maximum absolute atomic E-state index is 2.40. The summed E-state index contributed by atoms with van der Waals surface area (Å²) in [6, 6.07) is 33.8. The van der Waals surface area contributed by atoms with Crippen LogP contribution in [0.15, 0.2) is 91.0 Å². The van der Waals surface area contributed by atoms with E-state index < -0.39 is 0 Å². The average Bonchev–Trinajstić information content (AvgIpc) is 2.80. The maximum atomic E-state index is 2.40. The van der Waals surface area contributed by atoms with Crippen molar-refractivity contribution in [1.29, 1.82) is 0 Å². The van der Waals surface area contributed by atoms with Crippen molar-refractivity contribution in [2.75, 3.05) is 0 Å². The molecule has 0 radical (unpaired) electrons. The van der Waals surface area contributed by atoms with Crippen molar-refractivity contribution in [1.82, 2.24) is 0 Å². The molecular formula is C33H30. The van der Waals surface area contributed by atoms with E-state index in [1.165, 1.54) is 72.0 Å². The van der Waals surface area contributed by atoms with E-state index in [9.17, 15) is 0 Å². The summed E-state index contributed by atoms with van der Waals surface area (Å²) < 4.78 is 0. The first-order valence-corrected chi connectivity index (χ1v) is 11.7. The second kappa shape index (κ2) is 8.37. The van der Waals surface area contributed by atoms with Gasteiger partial charge in [0.05, 0.1) is 0 Å². The average molecular weight is 427 g/mol. The van der Waals surface area contributed by atoms with E-state index in [-0.39, 0.29) is 0 Å². The van der Waals surface area contributed by atoms with E-state index in [2.05, 4.69) is 126 Å². The maximum Gasteiger partial charge on any atom is -0.00991 e. The van der Waals surface area contributed by atoms with Crippen LogP contribution in [0.5, 0.6) is 0 Å². The van der Waals surface area contributed by atoms with Gasteiger partial charge in [-0.3, -0.25) is 0 Å². The smallest absolute Gasteiger partial charge is 0.00991 e. The van der Waals surface area contributed by atoms with Gasteiger partial charge in [-0.25, -0.2) is 0 Å². The van der Waals surface area contributed by atoms with Gasteiger partial charge in [0.15, 0.2) is 0 Å². The van der Waals surface area contributed by atoms with Crippen molar-refractivity contribution in [2.45, 2.75) is 34.6 Å². The summed E-state index contributed by atoms with van der Waals surface area (Å²) >= 11 is 0. The number of benzene rings is 5. The molecule has 0 aliphatic heterocycles. The summed E-state index contributed by atoms with van der Waals surface area (Å²) in [5.74, 6) is 0. The molecular weight excluding hydrogens is 396 g/mol. The second-order valence-electron chi connectivity index (χ2n) is 9.37. The Balaban J connectivity index is 1.73. The summed E-state index contributed by atoms with van der Waals surface area (Å²) in [7, 11) is 0. The molecule has 0 aliphatic carbocycles. The summed E-state index contributed by atoms with van der Waals surface area (Å²) in [6.45, 7) is 11.0. The summed E-state index contributed by atoms with van der Waals surface area (Å²) in [4.78, 5) is 0. The molecule has 0 aliphatic rings. The topological polar surface area (TPSA) is 0 Å². The monoisotopic (exact) mass is 426 g/mol.